The molecule has 19 heavy (non-hydrogen) atoms. The highest BCUT2D eigenvalue weighted by Gasteiger charge is 2.04. The van der Waals surface area contributed by atoms with Gasteiger partial charge in [-0.15, -0.1) is 0 Å². The van der Waals surface area contributed by atoms with Crippen molar-refractivity contribution in [1.82, 2.24) is 24.6 Å². The van der Waals surface area contributed by atoms with E-state index in [1.54, 1.807) is 0 Å². The number of imidazole rings is 1. The number of hydrogen-bond donors (Lipinski definition) is 1. The molecule has 2 rings (SSSR count). The molecule has 5 heteroatoms. The summed E-state index contributed by atoms with van der Waals surface area (Å²) in [6.07, 6.45) is 6.75. The first-order chi connectivity index (χ1) is 9.15. The fraction of sp³-hybridized carbons (Fsp3) is 0.571. The van der Waals surface area contributed by atoms with Crippen LogP contribution < -0.4 is 5.32 Å². The smallest absolute Gasteiger partial charge is 0.0948 e. The molecule has 0 amide bonds. The zero-order valence-electron chi connectivity index (χ0n) is 12.0. The van der Waals surface area contributed by atoms with E-state index in [2.05, 4.69) is 39.9 Å². The molecular weight excluding hydrogens is 238 g/mol. The summed E-state index contributed by atoms with van der Waals surface area (Å²) in [7, 11) is 1.95. The van der Waals surface area contributed by atoms with E-state index in [0.29, 0.717) is 5.92 Å². The summed E-state index contributed by atoms with van der Waals surface area (Å²) in [5.41, 5.74) is 2.36. The van der Waals surface area contributed by atoms with Gasteiger partial charge in [0.05, 0.1) is 17.7 Å². The van der Waals surface area contributed by atoms with E-state index in [-0.39, 0.29) is 0 Å². The maximum Gasteiger partial charge on any atom is 0.0948 e. The van der Waals surface area contributed by atoms with Crippen molar-refractivity contribution in [3.8, 4) is 0 Å². The molecule has 0 radical (unpaired) electrons. The van der Waals surface area contributed by atoms with Crippen molar-refractivity contribution in [2.45, 2.75) is 33.4 Å². The molecule has 104 valence electrons. The zero-order chi connectivity index (χ0) is 13.7. The van der Waals surface area contributed by atoms with Crippen molar-refractivity contribution in [2.24, 2.45) is 13.0 Å². The van der Waals surface area contributed by atoms with Gasteiger partial charge in [-0.2, -0.15) is 5.10 Å². The van der Waals surface area contributed by atoms with Gasteiger partial charge in [0.15, 0.2) is 0 Å². The Hall–Kier alpha value is -1.62. The average molecular weight is 261 g/mol. The van der Waals surface area contributed by atoms with Gasteiger partial charge < -0.3 is 9.88 Å². The molecule has 0 saturated heterocycles. The summed E-state index contributed by atoms with van der Waals surface area (Å²) in [6.45, 7) is 7.26. The molecule has 2 heterocycles. The maximum atomic E-state index is 4.39. The van der Waals surface area contributed by atoms with Crippen LogP contribution in [0.15, 0.2) is 24.8 Å². The number of nitrogens with zero attached hydrogens (tertiary/aromatic N) is 4. The molecule has 0 saturated carbocycles. The summed E-state index contributed by atoms with van der Waals surface area (Å²) in [5.74, 6) is 0.671. The summed E-state index contributed by atoms with van der Waals surface area (Å²) in [5, 5.41) is 7.84. The Labute approximate surface area is 114 Å². The van der Waals surface area contributed by atoms with Crippen molar-refractivity contribution in [1.29, 1.82) is 0 Å². The molecule has 2 aromatic heterocycles. The van der Waals surface area contributed by atoms with Crippen molar-refractivity contribution < 1.29 is 0 Å². The van der Waals surface area contributed by atoms with Gasteiger partial charge in [-0.05, 0) is 18.5 Å². The van der Waals surface area contributed by atoms with E-state index in [4.69, 9.17) is 0 Å². The molecule has 0 spiro atoms. The number of rotatable bonds is 7. The molecule has 1 N–H and O–H groups in total. The number of aryl methyl sites for hydroxylation is 3. The van der Waals surface area contributed by atoms with Crippen LogP contribution in [0, 0.1) is 5.92 Å². The second-order valence-corrected chi connectivity index (χ2v) is 5.33. The van der Waals surface area contributed by atoms with Gasteiger partial charge in [-0.1, -0.05) is 13.8 Å². The first-order valence-electron chi connectivity index (χ1n) is 6.83. The Balaban J connectivity index is 1.85. The van der Waals surface area contributed by atoms with Gasteiger partial charge in [0.25, 0.3) is 0 Å². The standard InChI is InChI=1S/C14H23N5/c1-12(2)8-15-9-14-10-16-11-19(14)7-5-13-4-6-18(3)17-13/h4,6,10-12,15H,5,7-9H2,1-3H3. The van der Waals surface area contributed by atoms with E-state index in [9.17, 15) is 0 Å². The zero-order valence-corrected chi connectivity index (χ0v) is 12.0. The van der Waals surface area contributed by atoms with Gasteiger partial charge in [-0.3, -0.25) is 4.68 Å². The third-order valence-electron chi connectivity index (χ3n) is 3.03. The molecule has 2 aromatic rings. The van der Waals surface area contributed by atoms with Crippen LogP contribution in [0.25, 0.3) is 0 Å². The van der Waals surface area contributed by atoms with Crippen LogP contribution in [0.1, 0.15) is 25.2 Å². The fourth-order valence-electron chi connectivity index (χ4n) is 2.02. The van der Waals surface area contributed by atoms with E-state index in [0.717, 1.165) is 31.7 Å². The second kappa shape index (κ2) is 6.52. The summed E-state index contributed by atoms with van der Waals surface area (Å²) in [6, 6.07) is 2.06. The van der Waals surface area contributed by atoms with Crippen molar-refractivity contribution >= 4 is 0 Å². The van der Waals surface area contributed by atoms with Crippen LogP contribution in [-0.4, -0.2) is 25.9 Å². The Morgan fingerprint density at radius 2 is 2.21 bits per heavy atom. The molecule has 0 aromatic carbocycles. The fourth-order valence-corrected chi connectivity index (χ4v) is 2.02. The topological polar surface area (TPSA) is 47.7 Å². The Kier molecular flexibility index (Phi) is 4.74. The first-order valence-corrected chi connectivity index (χ1v) is 6.83. The monoisotopic (exact) mass is 261 g/mol. The predicted octanol–water partition coefficient (Wildman–Crippen LogP) is 1.60. The quantitative estimate of drug-likeness (QED) is 0.823. The number of nitrogens with one attached hydrogen (secondary N) is 1. The predicted molar refractivity (Wildman–Crippen MR) is 75.7 cm³/mol. The lowest BCUT2D eigenvalue weighted by atomic mass is 10.2. The van der Waals surface area contributed by atoms with Crippen molar-refractivity contribution in [3.63, 3.8) is 0 Å². The third kappa shape index (κ3) is 4.21. The summed E-state index contributed by atoms with van der Waals surface area (Å²) >= 11 is 0. The van der Waals surface area contributed by atoms with Gasteiger partial charge in [0.2, 0.25) is 0 Å². The maximum absolute atomic E-state index is 4.39. The molecule has 0 aliphatic carbocycles. The first kappa shape index (κ1) is 13.8. The lowest BCUT2D eigenvalue weighted by Gasteiger charge is -2.10. The molecule has 0 fully saturated rings. The molecule has 0 bridgehead atoms. The summed E-state index contributed by atoms with van der Waals surface area (Å²) in [4.78, 5) is 4.23. The van der Waals surface area contributed by atoms with Gasteiger partial charge >= 0.3 is 0 Å². The lowest BCUT2D eigenvalue weighted by molar-refractivity contribution is 0.533. The number of aromatic nitrogens is 4. The normalized spacial score (nSPS) is 11.4. The van der Waals surface area contributed by atoms with E-state index < -0.39 is 0 Å². The van der Waals surface area contributed by atoms with Crippen molar-refractivity contribution in [2.75, 3.05) is 6.54 Å². The molecule has 0 unspecified atom stereocenters. The van der Waals surface area contributed by atoms with E-state index >= 15 is 0 Å². The lowest BCUT2D eigenvalue weighted by Crippen LogP contribution is -2.21. The van der Waals surface area contributed by atoms with Crippen LogP contribution in [0.4, 0.5) is 0 Å². The highest BCUT2D eigenvalue weighted by Crippen LogP contribution is 2.03. The van der Waals surface area contributed by atoms with Crippen LogP contribution in [0.3, 0.4) is 0 Å². The van der Waals surface area contributed by atoms with Crippen molar-refractivity contribution in [3.05, 3.63) is 36.2 Å². The molecule has 0 atom stereocenters. The van der Waals surface area contributed by atoms with Gasteiger partial charge in [0.1, 0.15) is 0 Å². The molecule has 0 aliphatic rings. The Morgan fingerprint density at radius 1 is 1.37 bits per heavy atom. The highest BCUT2D eigenvalue weighted by atomic mass is 15.2. The van der Waals surface area contributed by atoms with Crippen LogP contribution in [0.5, 0.6) is 0 Å². The van der Waals surface area contributed by atoms with Crippen LogP contribution >= 0.6 is 0 Å². The largest absolute Gasteiger partial charge is 0.333 e. The van der Waals surface area contributed by atoms with Crippen LogP contribution in [-0.2, 0) is 26.6 Å². The number of hydrogen-bond acceptors (Lipinski definition) is 3. The third-order valence-corrected chi connectivity index (χ3v) is 3.03. The molecule has 0 aliphatic heterocycles. The van der Waals surface area contributed by atoms with E-state index in [1.165, 1.54) is 5.69 Å². The SMILES string of the molecule is CC(C)CNCc1cncn1CCc1ccn(C)n1. The minimum Gasteiger partial charge on any atom is -0.333 e. The van der Waals surface area contributed by atoms with E-state index in [1.807, 2.05) is 30.5 Å². The average Bonchev–Trinajstić information content (AvgIpc) is 2.95. The highest BCUT2D eigenvalue weighted by molar-refractivity contribution is 5.02. The van der Waals surface area contributed by atoms with Gasteiger partial charge in [0, 0.05) is 39.0 Å². The minimum atomic E-state index is 0.671. The molecular formula is C14H23N5. The summed E-state index contributed by atoms with van der Waals surface area (Å²) < 4.78 is 4.04. The molecule has 5 nitrogen and oxygen atoms in total. The Morgan fingerprint density at radius 3 is 2.89 bits per heavy atom. The second-order valence-electron chi connectivity index (χ2n) is 5.33. The van der Waals surface area contributed by atoms with Crippen LogP contribution in [0.2, 0.25) is 0 Å². The minimum absolute atomic E-state index is 0.671. The van der Waals surface area contributed by atoms with Gasteiger partial charge in [-0.25, -0.2) is 4.98 Å². The Bertz CT molecular complexity index is 497.